The van der Waals surface area contributed by atoms with Crippen molar-refractivity contribution in [3.8, 4) is 0 Å². The van der Waals surface area contributed by atoms with Crippen LogP contribution >= 0.6 is 0 Å². The number of rotatable bonds is 1. The Morgan fingerprint density at radius 1 is 1.53 bits per heavy atom. The van der Waals surface area contributed by atoms with E-state index >= 15 is 0 Å². The van der Waals surface area contributed by atoms with E-state index in [1.807, 2.05) is 0 Å². The zero-order chi connectivity index (χ0) is 11.3. The van der Waals surface area contributed by atoms with Crippen LogP contribution in [0.2, 0.25) is 0 Å². The van der Waals surface area contributed by atoms with Crippen LogP contribution in [0.4, 0.5) is 5.82 Å². The van der Waals surface area contributed by atoms with Gasteiger partial charge in [0, 0.05) is 6.08 Å². The number of nitrogens with one attached hydrogen (secondary N) is 1. The van der Waals surface area contributed by atoms with Crippen LogP contribution in [-0.4, -0.2) is 31.0 Å². The number of fused-ring (bicyclic) bond motifs is 1. The standard InChI is InChI=1S/C5H5N5.C3H4O2/c6-4-3-5(9-1-7-3)10-2-8-4;1-2-3(4)5/h1-2H,(H3,6,7,8,9,10);2H,1H2,(H,4,5). The number of H-pyrrole nitrogens is 1. The Hall–Kier alpha value is -2.44. The van der Waals surface area contributed by atoms with Gasteiger partial charge >= 0.3 is 5.97 Å². The Labute approximate surface area is 84.7 Å². The van der Waals surface area contributed by atoms with Gasteiger partial charge in [0.2, 0.25) is 0 Å². The van der Waals surface area contributed by atoms with Gasteiger partial charge in [-0.2, -0.15) is 0 Å². The maximum Gasteiger partial charge on any atom is 0.327 e. The maximum atomic E-state index is 9.25. The zero-order valence-corrected chi connectivity index (χ0v) is 7.71. The van der Waals surface area contributed by atoms with Crippen molar-refractivity contribution in [3.63, 3.8) is 0 Å². The normalized spacial score (nSPS) is 9.07. The number of carboxylic acids is 1. The van der Waals surface area contributed by atoms with Gasteiger partial charge in [0.05, 0.1) is 6.33 Å². The van der Waals surface area contributed by atoms with Crippen molar-refractivity contribution in [1.82, 2.24) is 19.9 Å². The van der Waals surface area contributed by atoms with Gasteiger partial charge in [-0.25, -0.2) is 19.7 Å². The van der Waals surface area contributed by atoms with Crippen LogP contribution in [0, 0.1) is 0 Å². The lowest BCUT2D eigenvalue weighted by molar-refractivity contribution is -0.131. The van der Waals surface area contributed by atoms with Crippen LogP contribution < -0.4 is 5.73 Å². The number of aromatic nitrogens is 4. The molecule has 0 aliphatic rings. The molecule has 7 heteroatoms. The van der Waals surface area contributed by atoms with E-state index in [0.717, 1.165) is 6.08 Å². The fourth-order valence-corrected chi connectivity index (χ4v) is 0.784. The number of carboxylic acid groups (broad SMARTS) is 1. The van der Waals surface area contributed by atoms with Gasteiger partial charge in [-0.1, -0.05) is 6.58 Å². The Bertz CT molecular complexity index is 479. The molecule has 0 saturated heterocycles. The number of imidazole rings is 1. The average Bonchev–Trinajstić information content (AvgIpc) is 2.68. The minimum atomic E-state index is -0.981. The maximum absolute atomic E-state index is 9.25. The van der Waals surface area contributed by atoms with Crippen molar-refractivity contribution in [2.45, 2.75) is 0 Å². The largest absolute Gasteiger partial charge is 0.478 e. The van der Waals surface area contributed by atoms with E-state index in [1.54, 1.807) is 0 Å². The molecule has 0 spiro atoms. The first kappa shape index (κ1) is 10.6. The minimum Gasteiger partial charge on any atom is -0.478 e. The van der Waals surface area contributed by atoms with E-state index < -0.39 is 5.97 Å². The molecule has 4 N–H and O–H groups in total. The van der Waals surface area contributed by atoms with Gasteiger partial charge in [-0.05, 0) is 0 Å². The van der Waals surface area contributed by atoms with E-state index in [9.17, 15) is 4.79 Å². The molecule has 78 valence electrons. The third-order valence-electron chi connectivity index (χ3n) is 1.43. The average molecular weight is 207 g/mol. The summed E-state index contributed by atoms with van der Waals surface area (Å²) < 4.78 is 0. The summed E-state index contributed by atoms with van der Waals surface area (Å²) in [6.45, 7) is 2.96. The quantitative estimate of drug-likeness (QED) is 0.574. The van der Waals surface area contributed by atoms with Gasteiger partial charge in [0.15, 0.2) is 11.5 Å². The monoisotopic (exact) mass is 207 g/mol. The second-order valence-electron chi connectivity index (χ2n) is 2.40. The molecule has 0 atom stereocenters. The van der Waals surface area contributed by atoms with Crippen molar-refractivity contribution in [2.24, 2.45) is 0 Å². The molecule has 0 amide bonds. The Balaban J connectivity index is 0.000000195. The molecule has 15 heavy (non-hydrogen) atoms. The highest BCUT2D eigenvalue weighted by atomic mass is 16.4. The van der Waals surface area contributed by atoms with Gasteiger partial charge in [-0.3, -0.25) is 0 Å². The van der Waals surface area contributed by atoms with E-state index in [2.05, 4.69) is 26.5 Å². The summed E-state index contributed by atoms with van der Waals surface area (Å²) in [5.41, 5.74) is 6.78. The Morgan fingerprint density at radius 2 is 2.20 bits per heavy atom. The first-order chi connectivity index (χ1) is 7.15. The smallest absolute Gasteiger partial charge is 0.327 e. The SMILES string of the molecule is C=CC(=O)O.Nc1ncnc2nc[nH]c12. The molecule has 0 radical (unpaired) electrons. The van der Waals surface area contributed by atoms with Crippen LogP contribution in [0.1, 0.15) is 0 Å². The number of hydrogen-bond acceptors (Lipinski definition) is 5. The lowest BCUT2D eigenvalue weighted by Crippen LogP contribution is -1.91. The summed E-state index contributed by atoms with van der Waals surface area (Å²) in [7, 11) is 0. The lowest BCUT2D eigenvalue weighted by Gasteiger charge is -1.89. The predicted molar refractivity (Wildman–Crippen MR) is 53.9 cm³/mol. The van der Waals surface area contributed by atoms with Crippen LogP contribution in [0.25, 0.3) is 11.2 Å². The fraction of sp³-hybridized carbons (Fsp3) is 0. The number of carbonyl (C=O) groups is 1. The molecule has 7 nitrogen and oxygen atoms in total. The molecule has 2 rings (SSSR count). The molecule has 0 unspecified atom stereocenters. The summed E-state index contributed by atoms with van der Waals surface area (Å²) >= 11 is 0. The highest BCUT2D eigenvalue weighted by molar-refractivity contribution is 5.80. The van der Waals surface area contributed by atoms with Crippen LogP contribution in [0.5, 0.6) is 0 Å². The zero-order valence-electron chi connectivity index (χ0n) is 7.71. The number of nitrogens with zero attached hydrogens (tertiary/aromatic N) is 3. The second kappa shape index (κ2) is 4.70. The second-order valence-corrected chi connectivity index (χ2v) is 2.40. The van der Waals surface area contributed by atoms with E-state index in [1.165, 1.54) is 12.7 Å². The predicted octanol–water partition coefficient (Wildman–Crippen LogP) is 0.192. The lowest BCUT2D eigenvalue weighted by atomic mass is 10.5. The van der Waals surface area contributed by atoms with Crippen LogP contribution in [-0.2, 0) is 4.79 Å². The summed E-state index contributed by atoms with van der Waals surface area (Å²) in [5.74, 6) is -0.549. The molecule has 0 bridgehead atoms. The molecule has 0 aliphatic heterocycles. The summed E-state index contributed by atoms with van der Waals surface area (Å²) in [5, 5.41) is 7.60. The van der Waals surface area contributed by atoms with Gasteiger partial charge in [-0.15, -0.1) is 0 Å². The van der Waals surface area contributed by atoms with Crippen molar-refractivity contribution < 1.29 is 9.90 Å². The van der Waals surface area contributed by atoms with Crippen molar-refractivity contribution in [3.05, 3.63) is 25.3 Å². The highest BCUT2D eigenvalue weighted by Crippen LogP contribution is 2.09. The van der Waals surface area contributed by atoms with E-state index in [4.69, 9.17) is 10.8 Å². The summed E-state index contributed by atoms with van der Waals surface area (Å²) in [6, 6.07) is 0. The van der Waals surface area contributed by atoms with Crippen molar-refractivity contribution in [1.29, 1.82) is 0 Å². The van der Waals surface area contributed by atoms with Gasteiger partial charge in [0.25, 0.3) is 0 Å². The van der Waals surface area contributed by atoms with Crippen molar-refractivity contribution >= 4 is 23.0 Å². The number of hydrogen-bond donors (Lipinski definition) is 3. The Kier molecular flexibility index (Phi) is 3.33. The Morgan fingerprint density at radius 3 is 2.73 bits per heavy atom. The highest BCUT2D eigenvalue weighted by Gasteiger charge is 1.99. The van der Waals surface area contributed by atoms with Crippen LogP contribution in [0.3, 0.4) is 0 Å². The molecule has 0 aromatic carbocycles. The molecular formula is C8H9N5O2. The molecule has 0 aliphatic carbocycles. The van der Waals surface area contributed by atoms with Gasteiger partial charge < -0.3 is 15.8 Å². The molecule has 0 fully saturated rings. The molecule has 2 aromatic rings. The summed E-state index contributed by atoms with van der Waals surface area (Å²) in [6.07, 6.45) is 3.76. The van der Waals surface area contributed by atoms with E-state index in [0.29, 0.717) is 17.0 Å². The molecule has 2 aromatic heterocycles. The van der Waals surface area contributed by atoms with Crippen LogP contribution in [0.15, 0.2) is 25.3 Å². The minimum absolute atomic E-state index is 0.433. The number of nitrogens with two attached hydrogens (primary N) is 1. The topological polar surface area (TPSA) is 118 Å². The third kappa shape index (κ3) is 2.76. The summed E-state index contributed by atoms with van der Waals surface area (Å²) in [4.78, 5) is 23.6. The first-order valence-corrected chi connectivity index (χ1v) is 3.90. The fourth-order valence-electron chi connectivity index (χ4n) is 0.784. The molecule has 0 saturated carbocycles. The number of aromatic amines is 1. The number of nitrogen functional groups attached to an aromatic ring is 1. The third-order valence-corrected chi connectivity index (χ3v) is 1.43. The molecule has 2 heterocycles. The van der Waals surface area contributed by atoms with E-state index in [-0.39, 0.29) is 0 Å². The van der Waals surface area contributed by atoms with Gasteiger partial charge in [0.1, 0.15) is 11.8 Å². The first-order valence-electron chi connectivity index (χ1n) is 3.90. The van der Waals surface area contributed by atoms with Crippen molar-refractivity contribution in [2.75, 3.05) is 5.73 Å². The number of anilines is 1. The number of aliphatic carboxylic acids is 1. The molecular weight excluding hydrogens is 198 g/mol.